The zero-order valence-electron chi connectivity index (χ0n) is 13.4. The monoisotopic (exact) mass is 384 g/mol. The molecule has 136 valence electrons. The summed E-state index contributed by atoms with van der Waals surface area (Å²) in [5, 5.41) is 7.36. The van der Waals surface area contributed by atoms with Crippen molar-refractivity contribution in [3.63, 3.8) is 0 Å². The number of aryl methyl sites for hydroxylation is 1. The number of tetrazole rings is 1. The lowest BCUT2D eigenvalue weighted by Gasteiger charge is -2.15. The number of hydrogen-bond donors (Lipinski definition) is 0. The SMILES string of the molecule is Cn1nnn(-c2cccc(C(F)F)c2COc2cc(F)ccc2Cl)c1=O. The van der Waals surface area contributed by atoms with Crippen LogP contribution in [0.3, 0.4) is 0 Å². The zero-order chi connectivity index (χ0) is 18.8. The molecule has 0 aliphatic heterocycles. The van der Waals surface area contributed by atoms with Crippen LogP contribution in [0.2, 0.25) is 5.02 Å². The fourth-order valence-corrected chi connectivity index (χ4v) is 2.53. The third kappa shape index (κ3) is 3.43. The maximum absolute atomic E-state index is 13.4. The van der Waals surface area contributed by atoms with Gasteiger partial charge in [-0.2, -0.15) is 9.36 Å². The molecular formula is C16H12ClF3N4O2. The van der Waals surface area contributed by atoms with Gasteiger partial charge in [0, 0.05) is 24.2 Å². The smallest absolute Gasteiger partial charge is 0.368 e. The highest BCUT2D eigenvalue weighted by Crippen LogP contribution is 2.30. The Bertz CT molecular complexity index is 1000. The Morgan fingerprint density at radius 1 is 1.23 bits per heavy atom. The lowest BCUT2D eigenvalue weighted by atomic mass is 10.1. The number of benzene rings is 2. The Kier molecular flexibility index (Phi) is 4.99. The van der Waals surface area contributed by atoms with E-state index in [4.69, 9.17) is 16.3 Å². The zero-order valence-corrected chi connectivity index (χ0v) is 14.1. The minimum atomic E-state index is -2.82. The van der Waals surface area contributed by atoms with Crippen LogP contribution in [0.4, 0.5) is 13.2 Å². The molecule has 10 heteroatoms. The summed E-state index contributed by atoms with van der Waals surface area (Å²) in [4.78, 5) is 12.1. The first-order valence-corrected chi connectivity index (χ1v) is 7.73. The Balaban J connectivity index is 2.05. The molecule has 0 fully saturated rings. The summed E-state index contributed by atoms with van der Waals surface area (Å²) in [6.45, 7) is -0.373. The Morgan fingerprint density at radius 3 is 2.65 bits per heavy atom. The van der Waals surface area contributed by atoms with Gasteiger partial charge in [-0.15, -0.1) is 0 Å². The van der Waals surface area contributed by atoms with Crippen molar-refractivity contribution in [3.8, 4) is 11.4 Å². The molecule has 0 aliphatic carbocycles. The van der Waals surface area contributed by atoms with Gasteiger partial charge in [-0.1, -0.05) is 23.7 Å². The molecule has 1 heterocycles. The second-order valence-corrected chi connectivity index (χ2v) is 5.71. The molecule has 0 radical (unpaired) electrons. The van der Waals surface area contributed by atoms with Gasteiger partial charge in [-0.3, -0.25) is 0 Å². The highest BCUT2D eigenvalue weighted by atomic mass is 35.5. The molecule has 0 spiro atoms. The molecule has 6 nitrogen and oxygen atoms in total. The quantitative estimate of drug-likeness (QED) is 0.677. The summed E-state index contributed by atoms with van der Waals surface area (Å²) in [6, 6.07) is 7.50. The predicted molar refractivity (Wildman–Crippen MR) is 87.3 cm³/mol. The summed E-state index contributed by atoms with van der Waals surface area (Å²) >= 11 is 5.93. The molecule has 0 amide bonds. The van der Waals surface area contributed by atoms with Crippen LogP contribution < -0.4 is 10.4 Å². The van der Waals surface area contributed by atoms with Gasteiger partial charge in [0.1, 0.15) is 18.2 Å². The summed E-state index contributed by atoms with van der Waals surface area (Å²) in [5.41, 5.74) is -0.840. The number of ether oxygens (including phenoxy) is 1. The van der Waals surface area contributed by atoms with E-state index >= 15 is 0 Å². The van der Waals surface area contributed by atoms with E-state index in [1.807, 2.05) is 0 Å². The van der Waals surface area contributed by atoms with Crippen LogP contribution in [-0.4, -0.2) is 19.8 Å². The number of alkyl halides is 2. The Labute approximate surface area is 150 Å². The first-order chi connectivity index (χ1) is 12.4. The summed E-state index contributed by atoms with van der Waals surface area (Å²) in [7, 11) is 1.38. The molecule has 1 aromatic heterocycles. The van der Waals surface area contributed by atoms with E-state index in [-0.39, 0.29) is 34.2 Å². The van der Waals surface area contributed by atoms with E-state index < -0.39 is 17.9 Å². The summed E-state index contributed by atoms with van der Waals surface area (Å²) in [5.74, 6) is -0.593. The molecule has 0 aliphatic rings. The highest BCUT2D eigenvalue weighted by molar-refractivity contribution is 6.32. The first kappa shape index (κ1) is 18.0. The minimum absolute atomic E-state index is 0.00632. The topological polar surface area (TPSA) is 61.9 Å². The lowest BCUT2D eigenvalue weighted by Crippen LogP contribution is -2.23. The van der Waals surface area contributed by atoms with Gasteiger partial charge in [0.2, 0.25) is 0 Å². The van der Waals surface area contributed by atoms with E-state index in [2.05, 4.69) is 10.4 Å². The molecule has 3 rings (SSSR count). The number of halogens is 4. The van der Waals surface area contributed by atoms with Crippen LogP contribution in [-0.2, 0) is 13.7 Å². The van der Waals surface area contributed by atoms with E-state index in [1.165, 1.54) is 31.3 Å². The maximum Gasteiger partial charge on any atom is 0.368 e. The molecule has 3 aromatic rings. The largest absolute Gasteiger partial charge is 0.487 e. The van der Waals surface area contributed by atoms with Gasteiger partial charge in [-0.05, 0) is 28.6 Å². The molecular weight excluding hydrogens is 373 g/mol. The molecule has 0 unspecified atom stereocenters. The average molecular weight is 385 g/mol. The average Bonchev–Trinajstić information content (AvgIpc) is 2.94. The van der Waals surface area contributed by atoms with Crippen LogP contribution >= 0.6 is 11.6 Å². The van der Waals surface area contributed by atoms with Gasteiger partial charge in [0.05, 0.1) is 10.7 Å². The van der Waals surface area contributed by atoms with Gasteiger partial charge in [0.15, 0.2) is 0 Å². The molecule has 26 heavy (non-hydrogen) atoms. The molecule has 0 N–H and O–H groups in total. The van der Waals surface area contributed by atoms with Crippen molar-refractivity contribution in [1.82, 2.24) is 19.8 Å². The fourth-order valence-electron chi connectivity index (χ4n) is 2.35. The Hall–Kier alpha value is -2.81. The maximum atomic E-state index is 13.4. The predicted octanol–water partition coefficient (Wildman–Crippen LogP) is 3.28. The van der Waals surface area contributed by atoms with Crippen LogP contribution in [0.15, 0.2) is 41.2 Å². The standard InChI is InChI=1S/C16H12ClF3N4O2/c1-23-16(25)24(22-21-23)13-4-2-3-10(15(19)20)11(13)8-26-14-7-9(18)5-6-12(14)17/h2-7,15H,8H2,1H3. The lowest BCUT2D eigenvalue weighted by molar-refractivity contribution is 0.148. The van der Waals surface area contributed by atoms with Crippen LogP contribution in [0.25, 0.3) is 5.69 Å². The second kappa shape index (κ2) is 7.20. The van der Waals surface area contributed by atoms with Crippen molar-refractivity contribution in [2.45, 2.75) is 13.0 Å². The number of aromatic nitrogens is 4. The van der Waals surface area contributed by atoms with Crippen molar-refractivity contribution >= 4 is 11.6 Å². The third-order valence-corrected chi connectivity index (χ3v) is 3.95. The number of rotatable bonds is 5. The van der Waals surface area contributed by atoms with Crippen molar-refractivity contribution < 1.29 is 17.9 Å². The molecule has 0 atom stereocenters. The van der Waals surface area contributed by atoms with Gasteiger partial charge in [-0.25, -0.2) is 18.0 Å². The Morgan fingerprint density at radius 2 is 2.00 bits per heavy atom. The third-order valence-electron chi connectivity index (χ3n) is 3.64. The highest BCUT2D eigenvalue weighted by Gasteiger charge is 2.20. The van der Waals surface area contributed by atoms with E-state index in [0.717, 1.165) is 21.5 Å². The van der Waals surface area contributed by atoms with Crippen molar-refractivity contribution in [3.05, 3.63) is 68.8 Å². The van der Waals surface area contributed by atoms with Crippen molar-refractivity contribution in [2.75, 3.05) is 0 Å². The first-order valence-electron chi connectivity index (χ1n) is 7.35. The number of nitrogens with zero attached hydrogens (tertiary/aromatic N) is 4. The summed E-state index contributed by atoms with van der Waals surface area (Å²) < 4.78 is 47.5. The van der Waals surface area contributed by atoms with Crippen LogP contribution in [0, 0.1) is 5.82 Å². The normalized spacial score (nSPS) is 11.2. The van der Waals surface area contributed by atoms with Gasteiger partial charge in [0.25, 0.3) is 6.43 Å². The van der Waals surface area contributed by atoms with Crippen LogP contribution in [0.1, 0.15) is 17.6 Å². The van der Waals surface area contributed by atoms with Gasteiger partial charge < -0.3 is 4.74 Å². The molecule has 0 saturated carbocycles. The van der Waals surface area contributed by atoms with Gasteiger partial charge >= 0.3 is 5.69 Å². The number of hydrogen-bond acceptors (Lipinski definition) is 4. The van der Waals surface area contributed by atoms with Crippen LogP contribution in [0.5, 0.6) is 5.75 Å². The van der Waals surface area contributed by atoms with E-state index in [1.54, 1.807) is 0 Å². The molecule has 2 aromatic carbocycles. The van der Waals surface area contributed by atoms with E-state index in [9.17, 15) is 18.0 Å². The molecule has 0 bridgehead atoms. The van der Waals surface area contributed by atoms with Crippen molar-refractivity contribution in [1.29, 1.82) is 0 Å². The van der Waals surface area contributed by atoms with E-state index in [0.29, 0.717) is 0 Å². The summed E-state index contributed by atoms with van der Waals surface area (Å²) in [6.07, 6.45) is -2.82. The molecule has 0 saturated heterocycles. The minimum Gasteiger partial charge on any atom is -0.487 e. The fraction of sp³-hybridized carbons (Fsp3) is 0.188. The van der Waals surface area contributed by atoms with Crippen molar-refractivity contribution in [2.24, 2.45) is 7.05 Å². The second-order valence-electron chi connectivity index (χ2n) is 5.31.